The molecule has 1 heterocycles. The van der Waals surface area contributed by atoms with Gasteiger partial charge in [0, 0.05) is 17.1 Å². The fraction of sp³-hybridized carbons (Fsp3) is 0.100. The van der Waals surface area contributed by atoms with E-state index in [1.165, 1.54) is 0 Å². The molecule has 1 aliphatic rings. The van der Waals surface area contributed by atoms with Gasteiger partial charge in [-0.05, 0) is 89.1 Å². The molecule has 1 saturated heterocycles. The van der Waals surface area contributed by atoms with Crippen molar-refractivity contribution in [2.45, 2.75) is 0 Å². The molecule has 0 bridgehead atoms. The molecule has 0 aliphatic carbocycles. The number of carbonyl (C=O) groups excluding carboxylic acids is 1. The number of carboxylic acid groups (broad SMARTS) is 1. The summed E-state index contributed by atoms with van der Waals surface area (Å²) in [4.78, 5) is 27.4. The smallest absolute Gasteiger partial charge is 0.323 e. The highest BCUT2D eigenvalue weighted by Crippen LogP contribution is 2.38. The number of carboxylic acids is 1. The number of rotatable bonds is 8. The quantitative estimate of drug-likeness (QED) is 0.192. The molecule has 4 aromatic rings. The molecule has 1 amide bonds. The van der Waals surface area contributed by atoms with Crippen LogP contribution >= 0.6 is 24.0 Å². The second kappa shape index (κ2) is 11.2. The van der Waals surface area contributed by atoms with Crippen molar-refractivity contribution in [2.24, 2.45) is 0 Å². The zero-order valence-corrected chi connectivity index (χ0v) is 22.8. The van der Waals surface area contributed by atoms with E-state index in [0.29, 0.717) is 4.91 Å². The summed E-state index contributed by atoms with van der Waals surface area (Å²) in [6, 6.07) is 27.9. The van der Waals surface area contributed by atoms with Crippen LogP contribution in [0.5, 0.6) is 11.5 Å². The predicted molar refractivity (Wildman–Crippen MR) is 159 cm³/mol. The Labute approximate surface area is 235 Å². The lowest BCUT2D eigenvalue weighted by molar-refractivity contribution is -0.140. The summed E-state index contributed by atoms with van der Waals surface area (Å²) in [5.74, 6) is 0.0588. The van der Waals surface area contributed by atoms with Gasteiger partial charge in [-0.25, -0.2) is 0 Å². The Hall–Kier alpha value is -4.34. The number of hydrogen-bond donors (Lipinski definition) is 1. The molecule has 0 saturated carbocycles. The van der Waals surface area contributed by atoms with Crippen molar-refractivity contribution in [2.75, 3.05) is 25.7 Å². The molecule has 0 spiro atoms. The number of ether oxygens (including phenoxy) is 2. The molecular weight excluding hydrogens is 532 g/mol. The lowest BCUT2D eigenvalue weighted by Gasteiger charge is -2.26. The molecule has 0 atom stereocenters. The van der Waals surface area contributed by atoms with Crippen LogP contribution in [0.15, 0.2) is 89.8 Å². The fourth-order valence-electron chi connectivity index (χ4n) is 4.31. The van der Waals surface area contributed by atoms with Crippen molar-refractivity contribution in [3.8, 4) is 11.5 Å². The van der Waals surface area contributed by atoms with Crippen LogP contribution in [-0.2, 0) is 9.59 Å². The topological polar surface area (TPSA) is 79.3 Å². The Morgan fingerprint density at radius 2 is 1.41 bits per heavy atom. The van der Waals surface area contributed by atoms with Crippen LogP contribution in [0.4, 0.5) is 17.1 Å². The van der Waals surface area contributed by atoms with E-state index in [1.807, 2.05) is 78.9 Å². The van der Waals surface area contributed by atoms with Gasteiger partial charge in [0.25, 0.3) is 5.91 Å². The number of hydrogen-bond acceptors (Lipinski definition) is 7. The monoisotopic (exact) mass is 556 g/mol. The van der Waals surface area contributed by atoms with Gasteiger partial charge >= 0.3 is 5.97 Å². The third-order valence-electron chi connectivity index (χ3n) is 6.23. The van der Waals surface area contributed by atoms with E-state index in [4.69, 9.17) is 26.8 Å². The molecule has 0 radical (unpaired) electrons. The lowest BCUT2D eigenvalue weighted by Crippen LogP contribution is -2.33. The average molecular weight is 557 g/mol. The summed E-state index contributed by atoms with van der Waals surface area (Å²) in [5, 5.41) is 11.1. The second-order valence-corrected chi connectivity index (χ2v) is 10.4. The Morgan fingerprint density at radius 3 is 1.97 bits per heavy atom. The highest BCUT2D eigenvalue weighted by molar-refractivity contribution is 8.26. The number of nitrogens with zero attached hydrogens (tertiary/aromatic N) is 2. The number of thioether (sulfide) groups is 1. The van der Waals surface area contributed by atoms with E-state index in [2.05, 4.69) is 11.0 Å². The van der Waals surface area contributed by atoms with E-state index in [0.717, 1.165) is 61.6 Å². The molecule has 196 valence electrons. The summed E-state index contributed by atoms with van der Waals surface area (Å²) in [6.45, 7) is -0.443. The number of thiocarbonyl (C=S) groups is 1. The standard InChI is InChI=1S/C30H24N2O5S2/c1-36-25-11-7-22(8-12-25)32(23-9-13-26(37-2)14-10-23)24-6-5-20-15-19(3-4-21(20)17-24)16-27-29(35)31(18-28(33)34)30(38)39-27/h3-17H,18H2,1-2H3,(H,33,34)/b27-16+. The average Bonchev–Trinajstić information content (AvgIpc) is 3.20. The van der Waals surface area contributed by atoms with E-state index >= 15 is 0 Å². The SMILES string of the molecule is COc1ccc(N(c2ccc(OC)cc2)c2ccc3cc(/C=C4/SC(=S)N(CC(=O)O)C4=O)ccc3c2)cc1. The van der Waals surface area contributed by atoms with Crippen LogP contribution in [0.3, 0.4) is 0 Å². The Balaban J connectivity index is 1.49. The summed E-state index contributed by atoms with van der Waals surface area (Å²) in [7, 11) is 3.29. The number of carbonyl (C=O) groups is 2. The number of aliphatic carboxylic acids is 1. The van der Waals surface area contributed by atoms with Gasteiger partial charge in [0.15, 0.2) is 0 Å². The number of fused-ring (bicyclic) bond motifs is 1. The molecule has 7 nitrogen and oxygen atoms in total. The minimum atomic E-state index is -1.10. The van der Waals surface area contributed by atoms with Gasteiger partial charge in [-0.15, -0.1) is 0 Å². The van der Waals surface area contributed by atoms with Gasteiger partial charge in [-0.2, -0.15) is 0 Å². The Morgan fingerprint density at radius 1 is 0.872 bits per heavy atom. The maximum atomic E-state index is 12.7. The van der Waals surface area contributed by atoms with Gasteiger partial charge in [0.2, 0.25) is 0 Å². The maximum Gasteiger partial charge on any atom is 0.323 e. The molecule has 1 N–H and O–H groups in total. The summed E-state index contributed by atoms with van der Waals surface area (Å²) in [6.07, 6.45) is 1.75. The summed E-state index contributed by atoms with van der Waals surface area (Å²) in [5.41, 5.74) is 3.74. The van der Waals surface area contributed by atoms with Gasteiger partial charge in [-0.1, -0.05) is 42.2 Å². The Kier molecular flexibility index (Phi) is 7.53. The van der Waals surface area contributed by atoms with Crippen LogP contribution in [0.1, 0.15) is 5.56 Å². The minimum absolute atomic E-state index is 0.247. The number of methoxy groups -OCH3 is 2. The van der Waals surface area contributed by atoms with Crippen molar-refractivity contribution in [3.63, 3.8) is 0 Å². The Bertz CT molecular complexity index is 1550. The second-order valence-electron chi connectivity index (χ2n) is 8.68. The maximum absolute atomic E-state index is 12.7. The van der Waals surface area contributed by atoms with E-state index < -0.39 is 18.4 Å². The van der Waals surface area contributed by atoms with Gasteiger partial charge in [0.1, 0.15) is 22.4 Å². The molecule has 0 unspecified atom stereocenters. The first-order valence-electron chi connectivity index (χ1n) is 12.0. The highest BCUT2D eigenvalue weighted by atomic mass is 32.2. The molecule has 9 heteroatoms. The fourth-order valence-corrected chi connectivity index (χ4v) is 5.57. The third-order valence-corrected chi connectivity index (χ3v) is 7.61. The van der Waals surface area contributed by atoms with Crippen LogP contribution in [0.2, 0.25) is 0 Å². The molecule has 0 aromatic heterocycles. The molecule has 4 aromatic carbocycles. The number of benzene rings is 4. The molecule has 1 aliphatic heterocycles. The zero-order chi connectivity index (χ0) is 27.5. The zero-order valence-electron chi connectivity index (χ0n) is 21.2. The van der Waals surface area contributed by atoms with E-state index in [-0.39, 0.29) is 4.32 Å². The first kappa shape index (κ1) is 26.3. The molecule has 39 heavy (non-hydrogen) atoms. The van der Waals surface area contributed by atoms with Crippen molar-refractivity contribution in [1.82, 2.24) is 4.90 Å². The molecule has 1 fully saturated rings. The normalized spacial score (nSPS) is 14.2. The van der Waals surface area contributed by atoms with Gasteiger partial charge < -0.3 is 19.5 Å². The minimum Gasteiger partial charge on any atom is -0.497 e. The summed E-state index contributed by atoms with van der Waals surface area (Å²) >= 11 is 6.31. The van der Waals surface area contributed by atoms with Crippen LogP contribution in [-0.4, -0.2) is 47.0 Å². The summed E-state index contributed by atoms with van der Waals surface area (Å²) < 4.78 is 10.9. The van der Waals surface area contributed by atoms with Crippen molar-refractivity contribution in [1.29, 1.82) is 0 Å². The number of anilines is 3. The van der Waals surface area contributed by atoms with E-state index in [1.54, 1.807) is 20.3 Å². The lowest BCUT2D eigenvalue weighted by atomic mass is 10.0. The first-order chi connectivity index (χ1) is 18.9. The van der Waals surface area contributed by atoms with Crippen molar-refractivity contribution in [3.05, 3.63) is 95.4 Å². The van der Waals surface area contributed by atoms with Crippen LogP contribution < -0.4 is 14.4 Å². The highest BCUT2D eigenvalue weighted by Gasteiger charge is 2.33. The van der Waals surface area contributed by atoms with Gasteiger partial charge in [-0.3, -0.25) is 14.5 Å². The van der Waals surface area contributed by atoms with Gasteiger partial charge in [0.05, 0.1) is 19.1 Å². The third kappa shape index (κ3) is 5.59. The molecular formula is C30H24N2O5S2. The van der Waals surface area contributed by atoms with Crippen LogP contribution in [0.25, 0.3) is 16.8 Å². The van der Waals surface area contributed by atoms with Crippen molar-refractivity contribution >= 4 is 74.1 Å². The predicted octanol–water partition coefficient (Wildman–Crippen LogP) is 6.61. The number of amides is 1. The van der Waals surface area contributed by atoms with E-state index in [9.17, 15) is 9.59 Å². The largest absolute Gasteiger partial charge is 0.497 e. The first-order valence-corrected chi connectivity index (χ1v) is 13.2. The van der Waals surface area contributed by atoms with Crippen LogP contribution in [0, 0.1) is 0 Å². The van der Waals surface area contributed by atoms with Crippen molar-refractivity contribution < 1.29 is 24.2 Å². The molecule has 5 rings (SSSR count).